The number of hydrogen-bond acceptors (Lipinski definition) is 4. The molecule has 1 aromatic rings. The average molecular weight is 188 g/mol. The monoisotopic (exact) mass is 188 g/mol. The summed E-state index contributed by atoms with van der Waals surface area (Å²) in [5.41, 5.74) is 1.12. The molecule has 0 unspecified atom stereocenters. The maximum absolute atomic E-state index is 9.92. The molecule has 0 N–H and O–H groups in total. The van der Waals surface area contributed by atoms with Crippen molar-refractivity contribution in [2.24, 2.45) is 17.3 Å². The van der Waals surface area contributed by atoms with Crippen molar-refractivity contribution in [3.8, 4) is 6.07 Å². The lowest BCUT2D eigenvalue weighted by Gasteiger charge is -1.97. The molecule has 0 saturated heterocycles. The normalized spacial score (nSPS) is 11.6. The topological polar surface area (TPSA) is 70.5 Å². The highest BCUT2D eigenvalue weighted by Gasteiger charge is 1.90. The van der Waals surface area contributed by atoms with Gasteiger partial charge in [0.1, 0.15) is 6.07 Å². The summed E-state index contributed by atoms with van der Waals surface area (Å²) >= 11 is 0. The molecular weight excluding hydrogens is 180 g/mol. The Kier molecular flexibility index (Phi) is 3.33. The number of aromatic nitrogens is 1. The van der Waals surface area contributed by atoms with Gasteiger partial charge in [0.05, 0.1) is 11.8 Å². The Morgan fingerprint density at radius 3 is 2.93 bits per heavy atom. The van der Waals surface area contributed by atoms with Crippen molar-refractivity contribution in [3.05, 3.63) is 29.4 Å². The fourth-order valence-electron chi connectivity index (χ4n) is 0.889. The molecule has 0 radical (unpaired) electrons. The average Bonchev–Trinajstić information content (AvgIpc) is 2.20. The second kappa shape index (κ2) is 4.72. The van der Waals surface area contributed by atoms with Gasteiger partial charge in [0.25, 0.3) is 0 Å². The fraction of sp³-hybridized carbons (Fsp3) is 0.111. The van der Waals surface area contributed by atoms with Crippen LogP contribution in [0.3, 0.4) is 0 Å². The number of carbonyl (C=O) groups excluding carboxylic acids is 1. The van der Waals surface area contributed by atoms with Crippen molar-refractivity contribution in [2.75, 3.05) is 0 Å². The number of nitrogens with zero attached hydrogens (tertiary/aromatic N) is 4. The van der Waals surface area contributed by atoms with Gasteiger partial charge in [0.2, 0.25) is 0 Å². The van der Waals surface area contributed by atoms with E-state index in [1.54, 1.807) is 29.9 Å². The Balaban J connectivity index is 3.13. The summed E-state index contributed by atoms with van der Waals surface area (Å²) in [6.45, 7) is 0. The minimum absolute atomic E-state index is 0.547. The van der Waals surface area contributed by atoms with E-state index >= 15 is 0 Å². The largest absolute Gasteiger partial charge is 0.333 e. The number of aldehydes is 1. The molecule has 0 atom stereocenters. The van der Waals surface area contributed by atoms with Crippen molar-refractivity contribution in [1.29, 1.82) is 5.26 Å². The van der Waals surface area contributed by atoms with E-state index in [0.717, 1.165) is 6.21 Å². The second-order valence-corrected chi connectivity index (χ2v) is 2.50. The SMILES string of the molecule is Cn1cc(C#N)cc/c1=N/N=C/C=O. The molecule has 5 heteroatoms. The van der Waals surface area contributed by atoms with E-state index in [9.17, 15) is 4.79 Å². The Morgan fingerprint density at radius 1 is 1.57 bits per heavy atom. The van der Waals surface area contributed by atoms with Gasteiger partial charge in [0, 0.05) is 13.2 Å². The molecule has 1 aromatic heterocycles. The molecule has 0 aliphatic heterocycles. The maximum Gasteiger partial charge on any atom is 0.162 e. The maximum atomic E-state index is 9.92. The fourth-order valence-corrected chi connectivity index (χ4v) is 0.889. The highest BCUT2D eigenvalue weighted by molar-refractivity contribution is 6.12. The molecule has 14 heavy (non-hydrogen) atoms. The molecule has 70 valence electrons. The summed E-state index contributed by atoms with van der Waals surface area (Å²) in [5, 5.41) is 15.9. The Morgan fingerprint density at radius 2 is 2.36 bits per heavy atom. The summed E-state index contributed by atoms with van der Waals surface area (Å²) in [6, 6.07) is 5.29. The van der Waals surface area contributed by atoms with Crippen LogP contribution in [0.4, 0.5) is 0 Å². The Bertz CT molecular complexity index is 464. The Labute approximate surface area is 80.6 Å². The molecule has 0 aliphatic rings. The van der Waals surface area contributed by atoms with E-state index in [1.807, 2.05) is 6.07 Å². The molecular formula is C9H8N4O. The number of hydrogen-bond donors (Lipinski definition) is 0. The number of carbonyl (C=O) groups is 1. The molecule has 1 heterocycles. The van der Waals surface area contributed by atoms with Crippen LogP contribution < -0.4 is 5.49 Å². The molecule has 1 rings (SSSR count). The summed E-state index contributed by atoms with van der Waals surface area (Å²) in [7, 11) is 1.75. The van der Waals surface area contributed by atoms with Crippen LogP contribution in [0.2, 0.25) is 0 Å². The highest BCUT2D eigenvalue weighted by Crippen LogP contribution is 1.90. The van der Waals surface area contributed by atoms with E-state index in [2.05, 4.69) is 10.2 Å². The van der Waals surface area contributed by atoms with Crippen LogP contribution >= 0.6 is 0 Å². The lowest BCUT2D eigenvalue weighted by molar-refractivity contribution is -0.102. The Hall–Kier alpha value is -2.22. The zero-order chi connectivity index (χ0) is 10.4. The van der Waals surface area contributed by atoms with E-state index in [-0.39, 0.29) is 0 Å². The molecule has 0 fully saturated rings. The van der Waals surface area contributed by atoms with E-state index in [4.69, 9.17) is 5.26 Å². The summed E-state index contributed by atoms with van der Waals surface area (Å²) in [5.74, 6) is 0. The summed E-state index contributed by atoms with van der Waals surface area (Å²) in [4.78, 5) is 9.92. The van der Waals surface area contributed by atoms with Crippen molar-refractivity contribution in [2.45, 2.75) is 0 Å². The van der Waals surface area contributed by atoms with Crippen LogP contribution in [0.25, 0.3) is 0 Å². The summed E-state index contributed by atoms with van der Waals surface area (Å²) in [6.07, 6.45) is 3.24. The minimum atomic E-state index is 0.547. The van der Waals surface area contributed by atoms with E-state index in [1.165, 1.54) is 0 Å². The van der Waals surface area contributed by atoms with Crippen LogP contribution in [-0.4, -0.2) is 17.1 Å². The number of rotatable bonds is 2. The molecule has 0 aliphatic carbocycles. The van der Waals surface area contributed by atoms with Crippen LogP contribution in [0.1, 0.15) is 5.56 Å². The minimum Gasteiger partial charge on any atom is -0.333 e. The first-order chi connectivity index (χ1) is 6.77. The zero-order valence-electron chi connectivity index (χ0n) is 7.58. The molecule has 0 aromatic carbocycles. The molecule has 0 bridgehead atoms. The highest BCUT2D eigenvalue weighted by atomic mass is 16.1. The van der Waals surface area contributed by atoms with Gasteiger partial charge in [-0.15, -0.1) is 5.10 Å². The molecule has 0 saturated carbocycles. The van der Waals surface area contributed by atoms with Gasteiger partial charge in [-0.2, -0.15) is 10.4 Å². The molecule has 0 amide bonds. The zero-order valence-corrected chi connectivity index (χ0v) is 7.58. The van der Waals surface area contributed by atoms with Gasteiger partial charge in [-0.3, -0.25) is 4.79 Å². The van der Waals surface area contributed by atoms with Crippen LogP contribution in [0.15, 0.2) is 28.5 Å². The first-order valence-corrected chi connectivity index (χ1v) is 3.85. The van der Waals surface area contributed by atoms with Crippen molar-refractivity contribution in [1.82, 2.24) is 4.57 Å². The number of nitriles is 1. The smallest absolute Gasteiger partial charge is 0.162 e. The third kappa shape index (κ3) is 2.38. The van der Waals surface area contributed by atoms with Gasteiger partial charge in [0.15, 0.2) is 11.8 Å². The van der Waals surface area contributed by atoms with Gasteiger partial charge in [-0.1, -0.05) is 0 Å². The third-order valence-electron chi connectivity index (χ3n) is 1.52. The van der Waals surface area contributed by atoms with Crippen molar-refractivity contribution >= 4 is 12.5 Å². The summed E-state index contributed by atoms with van der Waals surface area (Å²) < 4.78 is 1.65. The lowest BCUT2D eigenvalue weighted by atomic mass is 10.3. The van der Waals surface area contributed by atoms with Crippen molar-refractivity contribution < 1.29 is 4.79 Å². The number of aryl methyl sites for hydroxylation is 1. The predicted octanol–water partition coefficient (Wildman–Crippen LogP) is -0.0178. The first kappa shape index (κ1) is 9.86. The predicted molar refractivity (Wildman–Crippen MR) is 50.2 cm³/mol. The second-order valence-electron chi connectivity index (χ2n) is 2.50. The van der Waals surface area contributed by atoms with Crippen LogP contribution in [0.5, 0.6) is 0 Å². The van der Waals surface area contributed by atoms with Gasteiger partial charge >= 0.3 is 0 Å². The van der Waals surface area contributed by atoms with E-state index < -0.39 is 0 Å². The standard InChI is InChI=1S/C9H8N4O/c1-13-7-8(6-10)2-3-9(13)12-11-4-5-14/h2-5,7H,1H3/b11-4+,12-9-. The quantitative estimate of drug-likeness (QED) is 0.372. The van der Waals surface area contributed by atoms with Crippen molar-refractivity contribution in [3.63, 3.8) is 0 Å². The first-order valence-electron chi connectivity index (χ1n) is 3.85. The lowest BCUT2D eigenvalue weighted by Crippen LogP contribution is -2.16. The van der Waals surface area contributed by atoms with Crippen LogP contribution in [0, 0.1) is 11.3 Å². The van der Waals surface area contributed by atoms with Crippen LogP contribution in [-0.2, 0) is 11.8 Å². The number of pyridine rings is 1. The van der Waals surface area contributed by atoms with Gasteiger partial charge in [-0.05, 0) is 12.1 Å². The third-order valence-corrected chi connectivity index (χ3v) is 1.52. The molecule has 0 spiro atoms. The van der Waals surface area contributed by atoms with E-state index in [0.29, 0.717) is 17.3 Å². The molecule has 5 nitrogen and oxygen atoms in total. The van der Waals surface area contributed by atoms with Gasteiger partial charge < -0.3 is 4.57 Å². The van der Waals surface area contributed by atoms with Gasteiger partial charge in [-0.25, -0.2) is 0 Å².